The monoisotopic (exact) mass is 493 g/mol. The number of thioether (sulfide) groups is 1. The second-order valence-corrected chi connectivity index (χ2v) is 10.1. The van der Waals surface area contributed by atoms with Gasteiger partial charge >= 0.3 is 0 Å². The lowest BCUT2D eigenvalue weighted by Crippen LogP contribution is -2.43. The van der Waals surface area contributed by atoms with Gasteiger partial charge in [-0.15, -0.1) is 0 Å². The summed E-state index contributed by atoms with van der Waals surface area (Å²) in [4.78, 5) is 37.0. The maximum atomic E-state index is 14.3. The lowest BCUT2D eigenvalue weighted by molar-refractivity contribution is 0.0693. The molecule has 2 aliphatic rings. The van der Waals surface area contributed by atoms with Gasteiger partial charge in [-0.25, -0.2) is 19.4 Å². The summed E-state index contributed by atoms with van der Waals surface area (Å²) in [5.41, 5.74) is -1.12. The molecule has 1 saturated heterocycles. The van der Waals surface area contributed by atoms with Crippen molar-refractivity contribution in [2.24, 2.45) is 10.9 Å². The quantitative estimate of drug-likeness (QED) is 0.570. The molecular weight excluding hydrogens is 469 g/mol. The molecule has 1 fully saturated rings. The number of amidine groups is 1. The van der Waals surface area contributed by atoms with Crippen LogP contribution in [-0.2, 0) is 11.1 Å². The van der Waals surface area contributed by atoms with Gasteiger partial charge in [0.15, 0.2) is 11.0 Å². The minimum Gasteiger partial charge on any atom is -0.384 e. The first kappa shape index (κ1) is 23.3. The van der Waals surface area contributed by atoms with Crippen LogP contribution in [0.3, 0.4) is 0 Å². The van der Waals surface area contributed by atoms with Gasteiger partial charge in [-0.2, -0.15) is 0 Å². The van der Waals surface area contributed by atoms with Crippen LogP contribution in [0.2, 0.25) is 0 Å². The van der Waals surface area contributed by atoms with Gasteiger partial charge in [0.2, 0.25) is 5.95 Å². The third-order valence-corrected chi connectivity index (χ3v) is 7.16. The smallest absolute Gasteiger partial charge is 0.257 e. The molecule has 2 N–H and O–H groups in total. The third kappa shape index (κ3) is 4.48. The molecule has 5 rings (SSSR count). The Morgan fingerprint density at radius 2 is 2.03 bits per heavy atom. The zero-order valence-corrected chi connectivity index (χ0v) is 20.0. The fraction of sp³-hybridized carbons (Fsp3) is 0.333. The van der Waals surface area contributed by atoms with Crippen molar-refractivity contribution in [2.75, 3.05) is 23.7 Å². The zero-order chi connectivity index (χ0) is 24.6. The second-order valence-electron chi connectivity index (χ2n) is 9.07. The average Bonchev–Trinajstić information content (AvgIpc) is 3.25. The summed E-state index contributed by atoms with van der Waals surface area (Å²) >= 11 is 1.47. The number of nitrogens with zero attached hydrogens (tertiary/aromatic N) is 6. The molecule has 0 spiro atoms. The van der Waals surface area contributed by atoms with E-state index < -0.39 is 17.0 Å². The highest BCUT2D eigenvalue weighted by Crippen LogP contribution is 2.45. The summed E-state index contributed by atoms with van der Waals surface area (Å²) in [6.07, 6.45) is 5.97. The van der Waals surface area contributed by atoms with E-state index in [1.807, 2.05) is 11.0 Å². The molecule has 0 saturated carbocycles. The predicted octanol–water partition coefficient (Wildman–Crippen LogP) is 2.50. The minimum atomic E-state index is -1.46. The molecule has 11 heteroatoms. The van der Waals surface area contributed by atoms with Gasteiger partial charge < -0.3 is 15.3 Å². The summed E-state index contributed by atoms with van der Waals surface area (Å²) in [6, 6.07) is 8.95. The SMILES string of the molecule is CC(C)(O)c1nc(N2CC3CSC(NC(=O)c4ccccc4)=NC3(c3cnccn3)C2)ncc1F. The lowest BCUT2D eigenvalue weighted by Gasteiger charge is -2.34. The van der Waals surface area contributed by atoms with Gasteiger partial charge in [-0.1, -0.05) is 30.0 Å². The second kappa shape index (κ2) is 8.97. The molecule has 35 heavy (non-hydrogen) atoms. The number of hydrogen-bond acceptors (Lipinski definition) is 9. The highest BCUT2D eigenvalue weighted by atomic mass is 32.2. The predicted molar refractivity (Wildman–Crippen MR) is 130 cm³/mol. The lowest BCUT2D eigenvalue weighted by atomic mass is 9.86. The summed E-state index contributed by atoms with van der Waals surface area (Å²) in [6.45, 7) is 3.87. The number of carbonyl (C=O) groups excluding carboxylic acids is 1. The summed E-state index contributed by atoms with van der Waals surface area (Å²) in [7, 11) is 0. The van der Waals surface area contributed by atoms with Gasteiger partial charge in [0.05, 0.1) is 24.6 Å². The topological polar surface area (TPSA) is 116 Å². The number of hydrogen-bond donors (Lipinski definition) is 2. The van der Waals surface area contributed by atoms with E-state index in [0.717, 1.165) is 6.20 Å². The Kier molecular flexibility index (Phi) is 5.97. The van der Waals surface area contributed by atoms with Crippen LogP contribution in [0.4, 0.5) is 10.3 Å². The number of carbonyl (C=O) groups is 1. The first-order chi connectivity index (χ1) is 16.8. The van der Waals surface area contributed by atoms with Crippen molar-refractivity contribution in [1.82, 2.24) is 25.3 Å². The number of benzene rings is 1. The van der Waals surface area contributed by atoms with Gasteiger partial charge in [0.1, 0.15) is 16.8 Å². The van der Waals surface area contributed by atoms with E-state index in [9.17, 15) is 14.3 Å². The van der Waals surface area contributed by atoms with Crippen molar-refractivity contribution >= 4 is 28.8 Å². The standard InChI is InChI=1S/C24H24FN7O2S/c1-23(2,34)19-17(25)10-28-21(29-19)32-12-16-13-35-22(30-20(33)15-6-4-3-5-7-15)31-24(16,14-32)18-11-26-8-9-27-18/h3-11,16,34H,12-14H2,1-2H3,(H,30,31,33). The number of nitrogens with one attached hydrogen (secondary N) is 1. The Balaban J connectivity index is 1.50. The normalized spacial score (nSPS) is 21.9. The Hall–Kier alpha value is -3.44. The van der Waals surface area contributed by atoms with Crippen LogP contribution in [0.25, 0.3) is 0 Å². The fourth-order valence-corrected chi connectivity index (χ4v) is 5.53. The van der Waals surface area contributed by atoms with Crippen molar-refractivity contribution < 1.29 is 14.3 Å². The van der Waals surface area contributed by atoms with Crippen LogP contribution >= 0.6 is 11.8 Å². The molecule has 1 aromatic carbocycles. The first-order valence-electron chi connectivity index (χ1n) is 11.1. The molecule has 1 amide bonds. The van der Waals surface area contributed by atoms with Crippen LogP contribution in [0, 0.1) is 11.7 Å². The first-order valence-corrected chi connectivity index (χ1v) is 12.1. The maximum Gasteiger partial charge on any atom is 0.257 e. The highest BCUT2D eigenvalue weighted by Gasteiger charge is 2.52. The molecule has 0 aliphatic carbocycles. The van der Waals surface area contributed by atoms with Crippen LogP contribution in [-0.4, -0.2) is 55.0 Å². The number of aliphatic imine (C=N–C) groups is 1. The molecular formula is C24H24FN7O2S. The number of aromatic nitrogens is 4. The number of rotatable bonds is 4. The molecule has 0 bridgehead atoms. The van der Waals surface area contributed by atoms with Crippen LogP contribution in [0.1, 0.15) is 35.6 Å². The Morgan fingerprint density at radius 3 is 2.74 bits per heavy atom. The van der Waals surface area contributed by atoms with E-state index in [0.29, 0.717) is 41.2 Å². The summed E-state index contributed by atoms with van der Waals surface area (Å²) in [5, 5.41) is 13.8. The third-order valence-electron chi connectivity index (χ3n) is 6.13. The zero-order valence-electron chi connectivity index (χ0n) is 19.2. The number of halogens is 1. The minimum absolute atomic E-state index is 0.0146. The molecule has 4 heterocycles. The largest absolute Gasteiger partial charge is 0.384 e. The van der Waals surface area contributed by atoms with Crippen LogP contribution in [0.15, 0.2) is 60.1 Å². The summed E-state index contributed by atoms with van der Waals surface area (Å²) < 4.78 is 14.3. The van der Waals surface area contributed by atoms with Crippen molar-refractivity contribution in [3.05, 3.63) is 77.9 Å². The fourth-order valence-electron chi connectivity index (χ4n) is 4.40. The molecule has 3 aromatic rings. The summed E-state index contributed by atoms with van der Waals surface area (Å²) in [5.74, 6) is 0.0785. The van der Waals surface area contributed by atoms with E-state index in [1.165, 1.54) is 25.6 Å². The van der Waals surface area contributed by atoms with E-state index in [-0.39, 0.29) is 17.5 Å². The van der Waals surface area contributed by atoms with E-state index in [1.54, 1.807) is 42.9 Å². The molecule has 180 valence electrons. The van der Waals surface area contributed by atoms with Crippen molar-refractivity contribution in [2.45, 2.75) is 25.0 Å². The molecule has 0 radical (unpaired) electrons. The van der Waals surface area contributed by atoms with E-state index in [2.05, 4.69) is 25.3 Å². The highest BCUT2D eigenvalue weighted by molar-refractivity contribution is 8.13. The molecule has 2 unspecified atom stereocenters. The average molecular weight is 494 g/mol. The number of amides is 1. The van der Waals surface area contributed by atoms with Crippen molar-refractivity contribution in [3.8, 4) is 0 Å². The maximum absolute atomic E-state index is 14.3. The van der Waals surface area contributed by atoms with E-state index in [4.69, 9.17) is 4.99 Å². The van der Waals surface area contributed by atoms with Crippen LogP contribution < -0.4 is 10.2 Å². The Labute approximate surface area is 206 Å². The van der Waals surface area contributed by atoms with Gasteiger partial charge in [-0.05, 0) is 26.0 Å². The van der Waals surface area contributed by atoms with Crippen molar-refractivity contribution in [3.63, 3.8) is 0 Å². The van der Waals surface area contributed by atoms with Gasteiger partial charge in [-0.3, -0.25) is 14.8 Å². The molecule has 2 aliphatic heterocycles. The number of anilines is 1. The number of fused-ring (bicyclic) bond motifs is 1. The Bertz CT molecular complexity index is 1270. The molecule has 2 aromatic heterocycles. The van der Waals surface area contributed by atoms with E-state index >= 15 is 0 Å². The number of aliphatic hydroxyl groups is 1. The van der Waals surface area contributed by atoms with Crippen molar-refractivity contribution in [1.29, 1.82) is 0 Å². The van der Waals surface area contributed by atoms with Gasteiger partial charge in [0, 0.05) is 36.2 Å². The van der Waals surface area contributed by atoms with Crippen LogP contribution in [0.5, 0.6) is 0 Å². The molecule has 9 nitrogen and oxygen atoms in total. The van der Waals surface area contributed by atoms with Gasteiger partial charge in [0.25, 0.3) is 5.91 Å². The molecule has 2 atom stereocenters. The Morgan fingerprint density at radius 1 is 1.23 bits per heavy atom.